The summed E-state index contributed by atoms with van der Waals surface area (Å²) in [5, 5.41) is 2.78. The average Bonchev–Trinajstić information content (AvgIpc) is 3.10. The molecule has 3 aliphatic rings. The molecule has 3 fully saturated rings. The van der Waals surface area contributed by atoms with Gasteiger partial charge in [-0.2, -0.15) is 0 Å². The quantitative estimate of drug-likeness (QED) is 0.318. The molecule has 6 rings (SSSR count). The second-order valence-corrected chi connectivity index (χ2v) is 14.2. The minimum Gasteiger partial charge on any atom is -0.496 e. The van der Waals surface area contributed by atoms with E-state index in [0.29, 0.717) is 79.6 Å². The molecule has 12 heteroatoms. The zero-order valence-corrected chi connectivity index (χ0v) is 30.2. The van der Waals surface area contributed by atoms with Crippen molar-refractivity contribution in [3.05, 3.63) is 87.2 Å². The van der Waals surface area contributed by atoms with Crippen molar-refractivity contribution in [1.82, 2.24) is 19.7 Å². The molecule has 274 valence electrons. The van der Waals surface area contributed by atoms with Crippen molar-refractivity contribution in [3.63, 3.8) is 0 Å². The number of pyridine rings is 1. The van der Waals surface area contributed by atoms with Crippen LogP contribution in [0.4, 0.5) is 18.9 Å². The zero-order valence-electron chi connectivity index (χ0n) is 30.2. The van der Waals surface area contributed by atoms with E-state index in [1.165, 1.54) is 6.07 Å². The topological polar surface area (TPSA) is 79.3 Å². The highest BCUT2D eigenvalue weighted by Gasteiger charge is 2.48. The number of rotatable bonds is 9. The SMILES string of the molecule is C=C1CCC(Cc2ccc(N3CCN(C4CCN(Cc5c(OC)cc(-c6cn(C)c(=O)c(C)c6C)cc5OC)CC4(F)F)CC3)c(F)c2)C(=O)N1. The molecule has 3 aromatic rings. The fraction of sp³-hybridized carbons (Fsp3) is 0.487. The highest BCUT2D eigenvalue weighted by atomic mass is 19.3. The Labute approximate surface area is 297 Å². The number of hydrogen-bond acceptors (Lipinski definition) is 7. The van der Waals surface area contributed by atoms with E-state index in [1.54, 1.807) is 49.9 Å². The second-order valence-electron chi connectivity index (χ2n) is 14.2. The minimum absolute atomic E-state index is 0.0621. The summed E-state index contributed by atoms with van der Waals surface area (Å²) in [5.74, 6) is -2.56. The Morgan fingerprint density at radius 3 is 2.25 bits per heavy atom. The van der Waals surface area contributed by atoms with Gasteiger partial charge in [-0.25, -0.2) is 13.2 Å². The zero-order chi connectivity index (χ0) is 36.6. The van der Waals surface area contributed by atoms with Crippen molar-refractivity contribution >= 4 is 11.6 Å². The lowest BCUT2D eigenvalue weighted by Crippen LogP contribution is -2.61. The lowest BCUT2D eigenvalue weighted by molar-refractivity contribution is -0.129. The molecule has 0 saturated carbocycles. The molecule has 2 unspecified atom stereocenters. The van der Waals surface area contributed by atoms with Crippen LogP contribution in [0.1, 0.15) is 41.5 Å². The van der Waals surface area contributed by atoms with Gasteiger partial charge < -0.3 is 24.3 Å². The number of benzene rings is 2. The van der Waals surface area contributed by atoms with Gasteiger partial charge in [0.15, 0.2) is 0 Å². The van der Waals surface area contributed by atoms with Gasteiger partial charge in [0.25, 0.3) is 11.5 Å². The molecule has 0 aliphatic carbocycles. The van der Waals surface area contributed by atoms with E-state index in [9.17, 15) is 9.59 Å². The standard InChI is InChI=1S/C39H48F3N5O4/c1-24-7-9-28(37(48)43-24)17-27-8-10-33(32(40)18-27)46-13-15-47(16-14-46)36-11-12-45(23-39(36,41)42)22-31-34(50-5)19-29(20-35(31)51-6)30-21-44(4)38(49)26(3)25(30)2/h8,10,18-21,28,36H,1,7,9,11-17,22-23H2,2-6H3,(H,43,48). The Hall–Kier alpha value is -4.29. The Bertz CT molecular complexity index is 1840. The van der Waals surface area contributed by atoms with Gasteiger partial charge in [-0.05, 0) is 80.5 Å². The molecular weight excluding hydrogens is 659 g/mol. The maximum atomic E-state index is 15.9. The first-order valence-electron chi connectivity index (χ1n) is 17.6. The number of anilines is 1. The summed E-state index contributed by atoms with van der Waals surface area (Å²) in [6.45, 7) is 9.49. The number of nitrogens with zero attached hydrogens (tertiary/aromatic N) is 4. The number of allylic oxidation sites excluding steroid dienone is 1. The highest BCUT2D eigenvalue weighted by molar-refractivity contribution is 5.81. The first kappa shape index (κ1) is 36.5. The lowest BCUT2D eigenvalue weighted by atomic mass is 9.90. The van der Waals surface area contributed by atoms with Crippen LogP contribution in [0, 0.1) is 25.6 Å². The van der Waals surface area contributed by atoms with Crippen LogP contribution < -0.4 is 25.2 Å². The predicted octanol–water partition coefficient (Wildman–Crippen LogP) is 5.44. The third kappa shape index (κ3) is 7.53. The van der Waals surface area contributed by atoms with E-state index in [0.717, 1.165) is 28.7 Å². The molecule has 1 N–H and O–H groups in total. The van der Waals surface area contributed by atoms with E-state index in [2.05, 4.69) is 11.9 Å². The number of nitrogens with one attached hydrogen (secondary N) is 1. The minimum atomic E-state index is -2.96. The maximum absolute atomic E-state index is 15.9. The number of amides is 1. The van der Waals surface area contributed by atoms with Gasteiger partial charge in [-0.15, -0.1) is 0 Å². The van der Waals surface area contributed by atoms with E-state index in [4.69, 9.17) is 9.47 Å². The third-order valence-electron chi connectivity index (χ3n) is 10.9. The van der Waals surface area contributed by atoms with Crippen LogP contribution in [0.15, 0.2) is 53.6 Å². The Kier molecular flexibility index (Phi) is 10.6. The number of aromatic nitrogens is 1. The number of aryl methyl sites for hydroxylation is 1. The van der Waals surface area contributed by atoms with Crippen LogP contribution >= 0.6 is 0 Å². The molecule has 9 nitrogen and oxygen atoms in total. The van der Waals surface area contributed by atoms with Gasteiger partial charge in [0.1, 0.15) is 17.3 Å². The van der Waals surface area contributed by atoms with Gasteiger partial charge >= 0.3 is 0 Å². The molecule has 2 atom stereocenters. The monoisotopic (exact) mass is 707 g/mol. The number of alkyl halides is 2. The summed E-state index contributed by atoms with van der Waals surface area (Å²) in [6.07, 6.45) is 3.94. The number of methoxy groups -OCH3 is 2. The summed E-state index contributed by atoms with van der Waals surface area (Å²) in [5.41, 5.74) is 5.74. The number of ether oxygens (including phenoxy) is 2. The van der Waals surface area contributed by atoms with E-state index >= 15 is 13.2 Å². The Morgan fingerprint density at radius 1 is 0.961 bits per heavy atom. The molecule has 0 radical (unpaired) electrons. The van der Waals surface area contributed by atoms with E-state index in [1.807, 2.05) is 34.9 Å². The van der Waals surface area contributed by atoms with Crippen LogP contribution in [0.25, 0.3) is 11.1 Å². The summed E-state index contributed by atoms with van der Waals surface area (Å²) in [7, 11) is 4.82. The van der Waals surface area contributed by atoms with Crippen LogP contribution in [-0.2, 0) is 24.8 Å². The highest BCUT2D eigenvalue weighted by Crippen LogP contribution is 2.39. The number of likely N-dealkylation sites (tertiary alicyclic amines) is 1. The third-order valence-corrected chi connectivity index (χ3v) is 10.9. The summed E-state index contributed by atoms with van der Waals surface area (Å²) < 4.78 is 60.2. The first-order chi connectivity index (χ1) is 24.3. The molecule has 51 heavy (non-hydrogen) atoms. The molecule has 0 bridgehead atoms. The van der Waals surface area contributed by atoms with Crippen LogP contribution in [0.5, 0.6) is 11.5 Å². The summed E-state index contributed by atoms with van der Waals surface area (Å²) in [4.78, 5) is 30.3. The fourth-order valence-corrected chi connectivity index (χ4v) is 7.88. The van der Waals surface area contributed by atoms with Gasteiger partial charge in [0, 0.05) is 75.3 Å². The largest absolute Gasteiger partial charge is 0.496 e. The van der Waals surface area contributed by atoms with E-state index in [-0.39, 0.29) is 36.2 Å². The number of carbonyl (C=O) groups is 1. The number of hydrogen-bond donors (Lipinski definition) is 1. The van der Waals surface area contributed by atoms with Gasteiger partial charge in [-0.3, -0.25) is 19.4 Å². The maximum Gasteiger partial charge on any atom is 0.275 e. The molecule has 0 spiro atoms. The van der Waals surface area contributed by atoms with Crippen molar-refractivity contribution in [2.45, 2.75) is 58.0 Å². The van der Waals surface area contributed by atoms with Gasteiger partial charge in [-0.1, -0.05) is 12.6 Å². The number of piperidine rings is 2. The first-order valence-corrected chi connectivity index (χ1v) is 17.6. The summed E-state index contributed by atoms with van der Waals surface area (Å²) >= 11 is 0. The molecule has 1 aromatic heterocycles. The van der Waals surface area contributed by atoms with Crippen molar-refractivity contribution in [2.24, 2.45) is 13.0 Å². The second kappa shape index (κ2) is 14.7. The molecule has 3 saturated heterocycles. The number of piperazine rings is 1. The molecular formula is C39H48F3N5O4. The predicted molar refractivity (Wildman–Crippen MR) is 192 cm³/mol. The Morgan fingerprint density at radius 2 is 1.65 bits per heavy atom. The summed E-state index contributed by atoms with van der Waals surface area (Å²) in [6, 6.07) is 7.92. The Balaban J connectivity index is 1.09. The molecule has 4 heterocycles. The van der Waals surface area contributed by atoms with Crippen molar-refractivity contribution < 1.29 is 27.4 Å². The van der Waals surface area contributed by atoms with Gasteiger partial charge in [0.05, 0.1) is 38.1 Å². The molecule has 2 aromatic carbocycles. The number of carbonyl (C=O) groups excluding carboxylic acids is 1. The normalized spacial score (nSPS) is 21.5. The van der Waals surface area contributed by atoms with E-state index < -0.39 is 18.5 Å². The van der Waals surface area contributed by atoms with Gasteiger partial charge in [0.2, 0.25) is 5.91 Å². The average molecular weight is 708 g/mol. The van der Waals surface area contributed by atoms with Crippen molar-refractivity contribution in [1.29, 1.82) is 0 Å². The fourth-order valence-electron chi connectivity index (χ4n) is 7.88. The van der Waals surface area contributed by atoms with Crippen molar-refractivity contribution in [2.75, 3.05) is 58.4 Å². The molecule has 1 amide bonds. The molecule has 3 aliphatic heterocycles. The lowest BCUT2D eigenvalue weighted by Gasteiger charge is -2.46. The van der Waals surface area contributed by atoms with Crippen LogP contribution in [0.2, 0.25) is 0 Å². The van der Waals surface area contributed by atoms with Crippen LogP contribution in [0.3, 0.4) is 0 Å². The smallest absolute Gasteiger partial charge is 0.275 e. The van der Waals surface area contributed by atoms with Crippen molar-refractivity contribution in [3.8, 4) is 22.6 Å². The van der Waals surface area contributed by atoms with Crippen LogP contribution in [-0.4, -0.2) is 85.7 Å². The number of halogens is 3.